The lowest BCUT2D eigenvalue weighted by Crippen LogP contribution is -1.99. The minimum atomic E-state index is 0.411. The molecule has 15 heavy (non-hydrogen) atoms. The lowest BCUT2D eigenvalue weighted by atomic mass is 10.3. The summed E-state index contributed by atoms with van der Waals surface area (Å²) in [4.78, 5) is 2.63. The molecule has 0 saturated heterocycles. The molecule has 0 bridgehead atoms. The van der Waals surface area contributed by atoms with Crippen LogP contribution < -0.4 is 4.74 Å². The molecule has 0 N–H and O–H groups in total. The molecule has 0 atom stereocenters. The van der Waals surface area contributed by atoms with E-state index in [4.69, 9.17) is 33.5 Å². The third kappa shape index (κ3) is 4.30. The smallest absolute Gasteiger partial charge is 0.139 e. The third-order valence-electron chi connectivity index (χ3n) is 1.62. The number of hydrogen-bond donors (Lipinski definition) is 0. The maximum absolute atomic E-state index is 8.04. The number of hydrogen-bond acceptors (Lipinski definition) is 2. The van der Waals surface area contributed by atoms with Gasteiger partial charge in [0.2, 0.25) is 0 Å². The Kier molecular flexibility index (Phi) is 5.12. The third-order valence-corrected chi connectivity index (χ3v) is 2.16. The summed E-state index contributed by atoms with van der Waals surface area (Å²) < 4.78 is 5.36. The van der Waals surface area contributed by atoms with Gasteiger partial charge in [0.05, 0.1) is 11.6 Å². The van der Waals surface area contributed by atoms with Crippen LogP contribution in [-0.2, 0) is 0 Å². The molecular formula is C9H9Cl2N3O. The fourth-order valence-electron chi connectivity index (χ4n) is 0.950. The predicted octanol–water partition coefficient (Wildman–Crippen LogP) is 4.07. The van der Waals surface area contributed by atoms with E-state index >= 15 is 0 Å². The molecule has 0 fully saturated rings. The van der Waals surface area contributed by atoms with Gasteiger partial charge in [-0.15, -0.1) is 0 Å². The molecular weight excluding hydrogens is 237 g/mol. The highest BCUT2D eigenvalue weighted by Gasteiger charge is 2.01. The van der Waals surface area contributed by atoms with Crippen molar-refractivity contribution in [2.24, 2.45) is 5.11 Å². The predicted molar refractivity (Wildman–Crippen MR) is 60.6 cm³/mol. The van der Waals surface area contributed by atoms with E-state index in [1.165, 1.54) is 0 Å². The highest BCUT2D eigenvalue weighted by molar-refractivity contribution is 6.34. The summed E-state index contributed by atoms with van der Waals surface area (Å²) in [5.41, 5.74) is 8.04. The van der Waals surface area contributed by atoms with Crippen molar-refractivity contribution in [1.82, 2.24) is 0 Å². The average molecular weight is 246 g/mol. The molecule has 6 heteroatoms. The van der Waals surface area contributed by atoms with Gasteiger partial charge in [-0.3, -0.25) is 0 Å². The van der Waals surface area contributed by atoms with Crippen molar-refractivity contribution in [3.8, 4) is 5.75 Å². The molecule has 0 radical (unpaired) electrons. The quantitative estimate of drug-likeness (QED) is 0.334. The van der Waals surface area contributed by atoms with Crippen LogP contribution >= 0.6 is 23.2 Å². The topological polar surface area (TPSA) is 58.0 Å². The molecule has 1 rings (SSSR count). The minimum Gasteiger partial charge on any atom is -0.492 e. The largest absolute Gasteiger partial charge is 0.492 e. The first kappa shape index (κ1) is 12.0. The summed E-state index contributed by atoms with van der Waals surface area (Å²) in [5, 5.41) is 4.47. The van der Waals surface area contributed by atoms with Gasteiger partial charge in [0.25, 0.3) is 0 Å². The molecule has 0 spiro atoms. The van der Waals surface area contributed by atoms with Gasteiger partial charge in [-0.1, -0.05) is 28.3 Å². The molecule has 0 saturated carbocycles. The summed E-state index contributed by atoms with van der Waals surface area (Å²) in [5.74, 6) is 0.546. The van der Waals surface area contributed by atoms with Gasteiger partial charge < -0.3 is 4.74 Å². The van der Waals surface area contributed by atoms with Crippen molar-refractivity contribution in [1.29, 1.82) is 0 Å². The first-order valence-corrected chi connectivity index (χ1v) is 5.08. The zero-order valence-corrected chi connectivity index (χ0v) is 9.37. The number of ether oxygens (including phenoxy) is 1. The van der Waals surface area contributed by atoms with Gasteiger partial charge in [-0.25, -0.2) is 0 Å². The van der Waals surface area contributed by atoms with E-state index in [0.29, 0.717) is 35.4 Å². The first-order valence-electron chi connectivity index (χ1n) is 4.33. The molecule has 0 aromatic heterocycles. The summed E-state index contributed by atoms with van der Waals surface area (Å²) >= 11 is 11.6. The maximum Gasteiger partial charge on any atom is 0.139 e. The number of rotatable bonds is 5. The van der Waals surface area contributed by atoms with Crippen LogP contribution in [0.3, 0.4) is 0 Å². The maximum atomic E-state index is 8.04. The molecule has 1 aromatic rings. The van der Waals surface area contributed by atoms with E-state index in [0.717, 1.165) is 0 Å². The van der Waals surface area contributed by atoms with Crippen molar-refractivity contribution in [2.75, 3.05) is 13.2 Å². The lowest BCUT2D eigenvalue weighted by Gasteiger charge is -2.06. The van der Waals surface area contributed by atoms with E-state index in [9.17, 15) is 0 Å². The number of halogens is 2. The molecule has 80 valence electrons. The van der Waals surface area contributed by atoms with E-state index in [1.807, 2.05) is 0 Å². The van der Waals surface area contributed by atoms with Crippen LogP contribution in [0.25, 0.3) is 10.4 Å². The fraction of sp³-hybridized carbons (Fsp3) is 0.333. The molecule has 0 aliphatic carbocycles. The van der Waals surface area contributed by atoms with Crippen LogP contribution in [0.1, 0.15) is 6.42 Å². The number of nitrogens with zero attached hydrogens (tertiary/aromatic N) is 3. The molecule has 1 aromatic carbocycles. The van der Waals surface area contributed by atoms with Crippen molar-refractivity contribution >= 4 is 23.2 Å². The Balaban J connectivity index is 2.43. The normalized spacial score (nSPS) is 9.47. The second-order valence-electron chi connectivity index (χ2n) is 2.73. The second kappa shape index (κ2) is 6.40. The molecule has 0 aliphatic rings. The second-order valence-corrected chi connectivity index (χ2v) is 3.57. The first-order chi connectivity index (χ1) is 7.24. The van der Waals surface area contributed by atoms with Gasteiger partial charge in [-0.05, 0) is 24.1 Å². The van der Waals surface area contributed by atoms with Gasteiger partial charge >= 0.3 is 0 Å². The Morgan fingerprint density at radius 2 is 2.20 bits per heavy atom. The Hall–Kier alpha value is -1.09. The van der Waals surface area contributed by atoms with E-state index < -0.39 is 0 Å². The van der Waals surface area contributed by atoms with Crippen molar-refractivity contribution in [3.63, 3.8) is 0 Å². The zero-order valence-electron chi connectivity index (χ0n) is 7.86. The zero-order chi connectivity index (χ0) is 11.1. The summed E-state index contributed by atoms with van der Waals surface area (Å²) in [6.07, 6.45) is 0.646. The van der Waals surface area contributed by atoms with Crippen LogP contribution in [0.4, 0.5) is 0 Å². The fourth-order valence-corrected chi connectivity index (χ4v) is 1.28. The van der Waals surface area contributed by atoms with Gasteiger partial charge in [0.1, 0.15) is 5.75 Å². The van der Waals surface area contributed by atoms with Crippen molar-refractivity contribution in [2.45, 2.75) is 6.42 Å². The van der Waals surface area contributed by atoms with Gasteiger partial charge in [0, 0.05) is 22.5 Å². The minimum absolute atomic E-state index is 0.411. The molecule has 0 aliphatic heterocycles. The standard InChI is InChI=1S/C9H9Cl2N3O/c10-7-2-3-8(11)9(6-7)15-5-1-4-13-14-12/h2-3,6H,1,4-5H2. The van der Waals surface area contributed by atoms with Crippen LogP contribution in [0.2, 0.25) is 10.0 Å². The Morgan fingerprint density at radius 1 is 1.40 bits per heavy atom. The average Bonchev–Trinajstić information content (AvgIpc) is 2.23. The highest BCUT2D eigenvalue weighted by Crippen LogP contribution is 2.27. The highest BCUT2D eigenvalue weighted by atomic mass is 35.5. The lowest BCUT2D eigenvalue weighted by molar-refractivity contribution is 0.313. The summed E-state index contributed by atoms with van der Waals surface area (Å²) in [6, 6.07) is 5.01. The van der Waals surface area contributed by atoms with Gasteiger partial charge in [0.15, 0.2) is 0 Å². The molecule has 0 unspecified atom stereocenters. The number of azide groups is 1. The van der Waals surface area contributed by atoms with Crippen molar-refractivity contribution in [3.05, 3.63) is 38.7 Å². The van der Waals surface area contributed by atoms with Crippen LogP contribution in [0.15, 0.2) is 23.3 Å². The summed E-state index contributed by atoms with van der Waals surface area (Å²) in [6.45, 7) is 0.855. The van der Waals surface area contributed by atoms with Crippen molar-refractivity contribution < 1.29 is 4.74 Å². The van der Waals surface area contributed by atoms with Crippen LogP contribution in [-0.4, -0.2) is 13.2 Å². The van der Waals surface area contributed by atoms with E-state index in [2.05, 4.69) is 10.0 Å². The van der Waals surface area contributed by atoms with E-state index in [-0.39, 0.29) is 0 Å². The SMILES string of the molecule is [N-]=[N+]=NCCCOc1cc(Cl)ccc1Cl. The Bertz CT molecular complexity index is 378. The molecule has 0 heterocycles. The van der Waals surface area contributed by atoms with Crippen LogP contribution in [0.5, 0.6) is 5.75 Å². The number of benzene rings is 1. The van der Waals surface area contributed by atoms with Gasteiger partial charge in [-0.2, -0.15) is 0 Å². The van der Waals surface area contributed by atoms with E-state index in [1.54, 1.807) is 18.2 Å². The summed E-state index contributed by atoms with van der Waals surface area (Å²) in [7, 11) is 0. The molecule has 4 nitrogen and oxygen atoms in total. The Labute approximate surface area is 97.4 Å². The van der Waals surface area contributed by atoms with Crippen LogP contribution in [0, 0.1) is 0 Å². The Morgan fingerprint density at radius 3 is 2.93 bits per heavy atom. The molecule has 0 amide bonds. The monoisotopic (exact) mass is 245 g/mol.